The average molecular weight is 335 g/mol. The maximum Gasteiger partial charge on any atom is 0.119 e. The first-order valence-electron chi connectivity index (χ1n) is 7.61. The summed E-state index contributed by atoms with van der Waals surface area (Å²) in [7, 11) is 0. The molecule has 0 fully saturated rings. The molecule has 2 aromatic rings. The van der Waals surface area contributed by atoms with Crippen LogP contribution in [0.4, 0.5) is 0 Å². The first kappa shape index (κ1) is 15.4. The predicted molar refractivity (Wildman–Crippen MR) is 90.5 cm³/mol. The van der Waals surface area contributed by atoms with Crippen molar-refractivity contribution in [3.8, 4) is 5.75 Å². The number of benzene rings is 2. The summed E-state index contributed by atoms with van der Waals surface area (Å²) in [4.78, 5) is 0. The number of halogens is 1. The molecule has 0 amide bonds. The van der Waals surface area contributed by atoms with E-state index in [2.05, 4.69) is 59.3 Å². The zero-order valence-electron chi connectivity index (χ0n) is 12.2. The van der Waals surface area contributed by atoms with Crippen LogP contribution in [0, 0.1) is 0 Å². The molecule has 0 aliphatic rings. The van der Waals surface area contributed by atoms with Crippen LogP contribution in [0.25, 0.3) is 10.8 Å². The number of hydrogen-bond donors (Lipinski definition) is 0. The van der Waals surface area contributed by atoms with Crippen molar-refractivity contribution in [1.82, 2.24) is 0 Å². The van der Waals surface area contributed by atoms with Crippen LogP contribution in [0.15, 0.2) is 40.9 Å². The molecular weight excluding hydrogens is 312 g/mol. The van der Waals surface area contributed by atoms with E-state index in [9.17, 15) is 0 Å². The number of unbranched alkanes of at least 4 members (excludes halogenated alkanes) is 5. The van der Waals surface area contributed by atoms with Gasteiger partial charge in [0.15, 0.2) is 0 Å². The summed E-state index contributed by atoms with van der Waals surface area (Å²) >= 11 is 3.50. The first-order valence-corrected chi connectivity index (χ1v) is 8.41. The molecule has 20 heavy (non-hydrogen) atoms. The Balaban J connectivity index is 1.77. The maximum absolute atomic E-state index is 5.84. The summed E-state index contributed by atoms with van der Waals surface area (Å²) in [6.45, 7) is 3.08. The topological polar surface area (TPSA) is 9.23 Å². The van der Waals surface area contributed by atoms with Gasteiger partial charge in [-0.25, -0.2) is 0 Å². The highest BCUT2D eigenvalue weighted by molar-refractivity contribution is 9.10. The van der Waals surface area contributed by atoms with E-state index in [0.29, 0.717) is 0 Å². The molecule has 0 bridgehead atoms. The van der Waals surface area contributed by atoms with Crippen molar-refractivity contribution in [2.24, 2.45) is 0 Å². The second kappa shape index (κ2) is 8.31. The lowest BCUT2D eigenvalue weighted by molar-refractivity contribution is 0.305. The number of fused-ring (bicyclic) bond motifs is 1. The van der Waals surface area contributed by atoms with Gasteiger partial charge in [-0.05, 0) is 41.5 Å². The fraction of sp³-hybridized carbons (Fsp3) is 0.444. The summed E-state index contributed by atoms with van der Waals surface area (Å²) in [6.07, 6.45) is 7.80. The third-order valence-electron chi connectivity index (χ3n) is 3.54. The van der Waals surface area contributed by atoms with Crippen molar-refractivity contribution in [2.75, 3.05) is 6.61 Å². The molecule has 0 heterocycles. The summed E-state index contributed by atoms with van der Waals surface area (Å²) < 4.78 is 6.96. The zero-order valence-corrected chi connectivity index (χ0v) is 13.8. The Hall–Kier alpha value is -1.02. The molecule has 2 rings (SSSR count). The SMILES string of the molecule is CCCCCCCCOc1ccc2cc(Br)ccc2c1. The fourth-order valence-corrected chi connectivity index (χ4v) is 2.74. The van der Waals surface area contributed by atoms with E-state index >= 15 is 0 Å². The third kappa shape index (κ3) is 4.82. The molecule has 2 aromatic carbocycles. The minimum atomic E-state index is 0.828. The van der Waals surface area contributed by atoms with Gasteiger partial charge in [0.05, 0.1) is 6.61 Å². The molecule has 0 radical (unpaired) electrons. The predicted octanol–water partition coefficient (Wildman–Crippen LogP) is 6.34. The van der Waals surface area contributed by atoms with Crippen molar-refractivity contribution in [1.29, 1.82) is 0 Å². The lowest BCUT2D eigenvalue weighted by atomic mass is 10.1. The fourth-order valence-electron chi connectivity index (χ4n) is 2.36. The Labute approximate surface area is 130 Å². The van der Waals surface area contributed by atoms with Gasteiger partial charge in [-0.2, -0.15) is 0 Å². The van der Waals surface area contributed by atoms with Crippen LogP contribution in [-0.2, 0) is 0 Å². The lowest BCUT2D eigenvalue weighted by Gasteiger charge is -2.07. The van der Waals surface area contributed by atoms with Gasteiger partial charge < -0.3 is 4.74 Å². The van der Waals surface area contributed by atoms with Crippen molar-refractivity contribution in [2.45, 2.75) is 45.4 Å². The van der Waals surface area contributed by atoms with Crippen LogP contribution >= 0.6 is 15.9 Å². The molecule has 108 valence electrons. The van der Waals surface area contributed by atoms with Crippen molar-refractivity contribution in [3.05, 3.63) is 40.9 Å². The monoisotopic (exact) mass is 334 g/mol. The standard InChI is InChI=1S/C18H23BrO/c1-2-3-4-5-6-7-12-20-18-11-9-15-13-17(19)10-8-16(15)14-18/h8-11,13-14H,2-7,12H2,1H3. The molecule has 0 spiro atoms. The van der Waals surface area contributed by atoms with Gasteiger partial charge >= 0.3 is 0 Å². The minimum Gasteiger partial charge on any atom is -0.494 e. The summed E-state index contributed by atoms with van der Waals surface area (Å²) in [5.74, 6) is 0.980. The molecule has 0 aliphatic heterocycles. The number of ether oxygens (including phenoxy) is 1. The van der Waals surface area contributed by atoms with Crippen LogP contribution in [0.2, 0.25) is 0 Å². The van der Waals surface area contributed by atoms with Crippen LogP contribution in [0.5, 0.6) is 5.75 Å². The van der Waals surface area contributed by atoms with E-state index in [1.165, 1.54) is 42.9 Å². The van der Waals surface area contributed by atoms with Gasteiger partial charge in [0.25, 0.3) is 0 Å². The molecule has 0 saturated heterocycles. The smallest absolute Gasteiger partial charge is 0.119 e. The van der Waals surface area contributed by atoms with E-state index in [-0.39, 0.29) is 0 Å². The number of hydrogen-bond acceptors (Lipinski definition) is 1. The summed E-state index contributed by atoms with van der Waals surface area (Å²) in [5.41, 5.74) is 0. The molecule has 0 aromatic heterocycles. The highest BCUT2D eigenvalue weighted by atomic mass is 79.9. The maximum atomic E-state index is 5.84. The molecule has 0 aliphatic carbocycles. The van der Waals surface area contributed by atoms with Gasteiger partial charge in [0.2, 0.25) is 0 Å². The molecule has 0 atom stereocenters. The van der Waals surface area contributed by atoms with Gasteiger partial charge in [0, 0.05) is 4.47 Å². The van der Waals surface area contributed by atoms with E-state index in [1.54, 1.807) is 0 Å². The van der Waals surface area contributed by atoms with Crippen LogP contribution in [0.1, 0.15) is 45.4 Å². The van der Waals surface area contributed by atoms with Crippen LogP contribution < -0.4 is 4.74 Å². The second-order valence-corrected chi connectivity index (χ2v) is 6.19. The Kier molecular flexibility index (Phi) is 6.38. The molecule has 2 heteroatoms. The van der Waals surface area contributed by atoms with Crippen molar-refractivity contribution >= 4 is 26.7 Å². The molecule has 1 nitrogen and oxygen atoms in total. The molecular formula is C18H23BrO. The van der Waals surface area contributed by atoms with Crippen molar-refractivity contribution < 1.29 is 4.74 Å². The van der Waals surface area contributed by atoms with Crippen LogP contribution in [-0.4, -0.2) is 6.61 Å². The van der Waals surface area contributed by atoms with Crippen molar-refractivity contribution in [3.63, 3.8) is 0 Å². The minimum absolute atomic E-state index is 0.828. The van der Waals surface area contributed by atoms with Gasteiger partial charge in [-0.3, -0.25) is 0 Å². The second-order valence-electron chi connectivity index (χ2n) is 5.27. The molecule has 0 saturated carbocycles. The largest absolute Gasteiger partial charge is 0.494 e. The Morgan fingerprint density at radius 2 is 1.55 bits per heavy atom. The Morgan fingerprint density at radius 3 is 2.40 bits per heavy atom. The Bertz CT molecular complexity index is 536. The average Bonchev–Trinajstić information content (AvgIpc) is 2.46. The van der Waals surface area contributed by atoms with E-state index in [0.717, 1.165) is 23.2 Å². The van der Waals surface area contributed by atoms with E-state index < -0.39 is 0 Å². The normalized spacial score (nSPS) is 10.9. The van der Waals surface area contributed by atoms with Crippen LogP contribution in [0.3, 0.4) is 0 Å². The van der Waals surface area contributed by atoms with E-state index in [4.69, 9.17) is 4.74 Å². The summed E-state index contributed by atoms with van der Waals surface area (Å²) in [5, 5.41) is 2.47. The highest BCUT2D eigenvalue weighted by Gasteiger charge is 1.98. The van der Waals surface area contributed by atoms with Gasteiger partial charge in [-0.1, -0.05) is 67.1 Å². The molecule has 0 unspecified atom stereocenters. The third-order valence-corrected chi connectivity index (χ3v) is 4.03. The lowest BCUT2D eigenvalue weighted by Crippen LogP contribution is -1.97. The first-order chi connectivity index (χ1) is 9.79. The quantitative estimate of drug-likeness (QED) is 0.511. The van der Waals surface area contributed by atoms with Gasteiger partial charge in [0.1, 0.15) is 5.75 Å². The molecule has 0 N–H and O–H groups in total. The number of rotatable bonds is 8. The zero-order chi connectivity index (χ0) is 14.2. The van der Waals surface area contributed by atoms with E-state index in [1.807, 2.05) is 0 Å². The summed E-state index contributed by atoms with van der Waals surface area (Å²) in [6, 6.07) is 12.6. The Morgan fingerprint density at radius 1 is 0.850 bits per heavy atom. The van der Waals surface area contributed by atoms with Gasteiger partial charge in [-0.15, -0.1) is 0 Å². The highest BCUT2D eigenvalue weighted by Crippen LogP contribution is 2.24.